The SMILES string of the molecule is Cc1nn(-c2ccc(C#N)cc2)c(C)c1COc1cccc(Cl)c1Cl. The molecule has 126 valence electrons. The van der Waals surface area contributed by atoms with Crippen molar-refractivity contribution in [3.63, 3.8) is 0 Å². The lowest BCUT2D eigenvalue weighted by Gasteiger charge is -2.09. The molecular weight excluding hydrogens is 357 g/mol. The van der Waals surface area contributed by atoms with E-state index in [-0.39, 0.29) is 0 Å². The van der Waals surface area contributed by atoms with Crippen LogP contribution in [0.5, 0.6) is 5.75 Å². The summed E-state index contributed by atoms with van der Waals surface area (Å²) in [5.41, 5.74) is 4.34. The highest BCUT2D eigenvalue weighted by atomic mass is 35.5. The van der Waals surface area contributed by atoms with Crippen LogP contribution in [0.2, 0.25) is 10.0 Å². The van der Waals surface area contributed by atoms with Gasteiger partial charge in [0.15, 0.2) is 0 Å². The Morgan fingerprint density at radius 2 is 1.84 bits per heavy atom. The van der Waals surface area contributed by atoms with Crippen molar-refractivity contribution in [2.75, 3.05) is 0 Å². The summed E-state index contributed by atoms with van der Waals surface area (Å²) in [5.74, 6) is 0.541. The number of hydrogen-bond acceptors (Lipinski definition) is 3. The molecule has 0 saturated carbocycles. The highest BCUT2D eigenvalue weighted by Crippen LogP contribution is 2.32. The molecule has 1 heterocycles. The number of nitriles is 1. The molecule has 0 aliphatic heterocycles. The molecule has 0 aliphatic rings. The summed E-state index contributed by atoms with van der Waals surface area (Å²) in [4.78, 5) is 0. The maximum absolute atomic E-state index is 8.91. The van der Waals surface area contributed by atoms with Crippen molar-refractivity contribution in [2.45, 2.75) is 20.5 Å². The largest absolute Gasteiger partial charge is 0.487 e. The lowest BCUT2D eigenvalue weighted by atomic mass is 10.2. The van der Waals surface area contributed by atoms with Crippen molar-refractivity contribution in [1.29, 1.82) is 5.26 Å². The molecule has 0 saturated heterocycles. The van der Waals surface area contributed by atoms with Crippen LogP contribution < -0.4 is 4.74 Å². The average Bonchev–Trinajstić information content (AvgIpc) is 2.90. The maximum atomic E-state index is 8.91. The number of aromatic nitrogens is 2. The molecule has 0 bridgehead atoms. The Kier molecular flexibility index (Phi) is 4.98. The van der Waals surface area contributed by atoms with E-state index in [1.807, 2.05) is 30.7 Å². The van der Waals surface area contributed by atoms with Gasteiger partial charge >= 0.3 is 0 Å². The number of benzene rings is 2. The molecule has 0 radical (unpaired) electrons. The van der Waals surface area contributed by atoms with Gasteiger partial charge in [0.1, 0.15) is 17.4 Å². The first kappa shape index (κ1) is 17.3. The molecule has 1 aromatic heterocycles. The van der Waals surface area contributed by atoms with E-state index in [4.69, 9.17) is 33.2 Å². The van der Waals surface area contributed by atoms with Crippen LogP contribution >= 0.6 is 23.2 Å². The molecule has 25 heavy (non-hydrogen) atoms. The molecular formula is C19H15Cl2N3O. The normalized spacial score (nSPS) is 10.5. The predicted octanol–water partition coefficient (Wildman–Crippen LogP) is 5.25. The van der Waals surface area contributed by atoms with E-state index in [2.05, 4.69) is 11.2 Å². The molecule has 0 amide bonds. The average molecular weight is 372 g/mol. The maximum Gasteiger partial charge on any atom is 0.139 e. The fourth-order valence-corrected chi connectivity index (χ4v) is 2.90. The molecule has 0 atom stereocenters. The Balaban J connectivity index is 1.87. The van der Waals surface area contributed by atoms with Gasteiger partial charge in [-0.25, -0.2) is 4.68 Å². The molecule has 0 spiro atoms. The monoisotopic (exact) mass is 371 g/mol. The molecule has 4 nitrogen and oxygen atoms in total. The number of aryl methyl sites for hydroxylation is 1. The third kappa shape index (κ3) is 3.48. The first-order valence-electron chi connectivity index (χ1n) is 7.63. The predicted molar refractivity (Wildman–Crippen MR) is 98.5 cm³/mol. The van der Waals surface area contributed by atoms with Crippen molar-refractivity contribution < 1.29 is 4.74 Å². The second-order valence-electron chi connectivity index (χ2n) is 5.56. The van der Waals surface area contributed by atoms with E-state index in [1.165, 1.54) is 0 Å². The van der Waals surface area contributed by atoms with Crippen molar-refractivity contribution in [3.05, 3.63) is 75.0 Å². The zero-order valence-corrected chi connectivity index (χ0v) is 15.3. The molecule has 3 rings (SSSR count). The van der Waals surface area contributed by atoms with Crippen molar-refractivity contribution in [2.24, 2.45) is 0 Å². The Labute approximate surface area is 156 Å². The fraction of sp³-hybridized carbons (Fsp3) is 0.158. The van der Waals surface area contributed by atoms with Crippen LogP contribution in [0.1, 0.15) is 22.5 Å². The number of halogens is 2. The molecule has 2 aromatic carbocycles. The van der Waals surface area contributed by atoms with Crippen molar-refractivity contribution in [3.8, 4) is 17.5 Å². The van der Waals surface area contributed by atoms with E-state index >= 15 is 0 Å². The van der Waals surface area contributed by atoms with Gasteiger partial charge in [-0.2, -0.15) is 10.4 Å². The van der Waals surface area contributed by atoms with Gasteiger partial charge in [0.05, 0.1) is 28.0 Å². The van der Waals surface area contributed by atoms with E-state index in [0.717, 1.165) is 22.6 Å². The number of nitrogens with zero attached hydrogens (tertiary/aromatic N) is 3. The van der Waals surface area contributed by atoms with Gasteiger partial charge in [-0.15, -0.1) is 0 Å². The van der Waals surface area contributed by atoms with Crippen LogP contribution in [-0.4, -0.2) is 9.78 Å². The summed E-state index contributed by atoms with van der Waals surface area (Å²) < 4.78 is 7.68. The number of ether oxygens (including phenoxy) is 1. The minimum absolute atomic E-state index is 0.341. The molecule has 6 heteroatoms. The van der Waals surface area contributed by atoms with E-state index in [1.54, 1.807) is 30.3 Å². The molecule has 0 fully saturated rings. The van der Waals surface area contributed by atoms with Crippen LogP contribution in [0.3, 0.4) is 0 Å². The Morgan fingerprint density at radius 3 is 2.52 bits per heavy atom. The van der Waals surface area contributed by atoms with Gasteiger partial charge in [0, 0.05) is 11.3 Å². The van der Waals surface area contributed by atoms with E-state index in [0.29, 0.717) is 28.0 Å². The Hall–Kier alpha value is -2.48. The second-order valence-corrected chi connectivity index (χ2v) is 6.35. The van der Waals surface area contributed by atoms with Gasteiger partial charge in [-0.05, 0) is 50.2 Å². The van der Waals surface area contributed by atoms with Gasteiger partial charge < -0.3 is 4.74 Å². The smallest absolute Gasteiger partial charge is 0.139 e. The minimum Gasteiger partial charge on any atom is -0.487 e. The molecule has 0 N–H and O–H groups in total. The quantitative estimate of drug-likeness (QED) is 0.629. The molecule has 0 aliphatic carbocycles. The fourth-order valence-electron chi connectivity index (χ4n) is 2.56. The zero-order chi connectivity index (χ0) is 18.0. The van der Waals surface area contributed by atoms with E-state index < -0.39 is 0 Å². The number of hydrogen-bond donors (Lipinski definition) is 0. The zero-order valence-electron chi connectivity index (χ0n) is 13.8. The Bertz CT molecular complexity index is 956. The highest BCUT2D eigenvalue weighted by Gasteiger charge is 2.14. The van der Waals surface area contributed by atoms with Crippen LogP contribution in [0.4, 0.5) is 0 Å². The first-order valence-corrected chi connectivity index (χ1v) is 8.39. The third-order valence-corrected chi connectivity index (χ3v) is 4.77. The first-order chi connectivity index (χ1) is 12.0. The van der Waals surface area contributed by atoms with E-state index in [9.17, 15) is 0 Å². The summed E-state index contributed by atoms with van der Waals surface area (Å²) in [5, 5.41) is 14.4. The van der Waals surface area contributed by atoms with Gasteiger partial charge in [0.2, 0.25) is 0 Å². The van der Waals surface area contributed by atoms with Crippen LogP contribution in [0.25, 0.3) is 5.69 Å². The van der Waals surface area contributed by atoms with Crippen LogP contribution in [0.15, 0.2) is 42.5 Å². The second kappa shape index (κ2) is 7.18. The lowest BCUT2D eigenvalue weighted by Crippen LogP contribution is -2.01. The summed E-state index contributed by atoms with van der Waals surface area (Å²) in [6.07, 6.45) is 0. The minimum atomic E-state index is 0.341. The molecule has 0 unspecified atom stereocenters. The summed E-state index contributed by atoms with van der Waals surface area (Å²) in [6, 6.07) is 14.7. The number of rotatable bonds is 4. The van der Waals surface area contributed by atoms with Gasteiger partial charge in [0.25, 0.3) is 0 Å². The van der Waals surface area contributed by atoms with Gasteiger partial charge in [-0.1, -0.05) is 29.3 Å². The van der Waals surface area contributed by atoms with Crippen LogP contribution in [-0.2, 0) is 6.61 Å². The summed E-state index contributed by atoms with van der Waals surface area (Å²) >= 11 is 12.2. The summed E-state index contributed by atoms with van der Waals surface area (Å²) in [7, 11) is 0. The lowest BCUT2D eigenvalue weighted by molar-refractivity contribution is 0.305. The molecule has 3 aromatic rings. The van der Waals surface area contributed by atoms with Crippen molar-refractivity contribution in [1.82, 2.24) is 9.78 Å². The third-order valence-electron chi connectivity index (χ3n) is 3.97. The van der Waals surface area contributed by atoms with Crippen LogP contribution in [0, 0.1) is 25.2 Å². The van der Waals surface area contributed by atoms with Crippen molar-refractivity contribution >= 4 is 23.2 Å². The standard InChI is InChI=1S/C19H15Cl2N3O/c1-12-16(11-25-18-5-3-4-17(20)19(18)21)13(2)24(23-12)15-8-6-14(10-22)7-9-15/h3-9H,11H2,1-2H3. The van der Waals surface area contributed by atoms with Gasteiger partial charge in [-0.3, -0.25) is 0 Å². The Morgan fingerprint density at radius 1 is 1.12 bits per heavy atom. The summed E-state index contributed by atoms with van der Waals surface area (Å²) in [6.45, 7) is 4.26. The highest BCUT2D eigenvalue weighted by molar-refractivity contribution is 6.42. The topological polar surface area (TPSA) is 50.8 Å².